The third-order valence-corrected chi connectivity index (χ3v) is 5.44. The van der Waals surface area contributed by atoms with Crippen molar-refractivity contribution in [2.24, 2.45) is 5.73 Å². The summed E-state index contributed by atoms with van der Waals surface area (Å²) in [6.07, 6.45) is 0. The molecule has 4 rings (SSSR count). The fourth-order valence-electron chi connectivity index (χ4n) is 3.89. The zero-order valence-electron chi connectivity index (χ0n) is 17.2. The van der Waals surface area contributed by atoms with Crippen LogP contribution in [-0.2, 0) is 16.9 Å². The van der Waals surface area contributed by atoms with Crippen molar-refractivity contribution in [3.8, 4) is 11.3 Å². The van der Waals surface area contributed by atoms with E-state index in [0.29, 0.717) is 36.1 Å². The summed E-state index contributed by atoms with van der Waals surface area (Å²) in [5, 5.41) is 3.33. The SMILES string of the molecule is CC1(C)c2nc(-c3ccc(F)cc3)c(Nc3ccc(F)cc3)n2CCN1C(=O)CN.Cl. The monoisotopic (exact) mass is 447 g/mol. The lowest BCUT2D eigenvalue weighted by molar-refractivity contribution is -0.137. The summed E-state index contributed by atoms with van der Waals surface area (Å²) in [7, 11) is 0. The molecule has 1 aliphatic heterocycles. The molecule has 3 N–H and O–H groups in total. The summed E-state index contributed by atoms with van der Waals surface area (Å²) in [6.45, 7) is 4.77. The second-order valence-electron chi connectivity index (χ2n) is 7.73. The Morgan fingerprint density at radius 2 is 1.65 bits per heavy atom. The highest BCUT2D eigenvalue weighted by atomic mass is 35.5. The van der Waals surface area contributed by atoms with Crippen LogP contribution in [0.3, 0.4) is 0 Å². The van der Waals surface area contributed by atoms with Crippen molar-refractivity contribution < 1.29 is 13.6 Å². The van der Waals surface area contributed by atoms with E-state index in [9.17, 15) is 13.6 Å². The van der Waals surface area contributed by atoms with Crippen LogP contribution in [0.25, 0.3) is 11.3 Å². The number of amides is 1. The van der Waals surface area contributed by atoms with Gasteiger partial charge >= 0.3 is 0 Å². The van der Waals surface area contributed by atoms with Crippen molar-refractivity contribution in [1.82, 2.24) is 14.5 Å². The van der Waals surface area contributed by atoms with Gasteiger partial charge in [-0.2, -0.15) is 0 Å². The number of aromatic nitrogens is 2. The number of anilines is 2. The first kappa shape index (κ1) is 22.7. The molecule has 0 fully saturated rings. The van der Waals surface area contributed by atoms with E-state index in [-0.39, 0.29) is 36.5 Å². The molecule has 2 heterocycles. The van der Waals surface area contributed by atoms with Crippen LogP contribution in [0.4, 0.5) is 20.3 Å². The van der Waals surface area contributed by atoms with Crippen molar-refractivity contribution in [3.63, 3.8) is 0 Å². The normalized spacial score (nSPS) is 14.5. The first-order valence-electron chi connectivity index (χ1n) is 9.71. The number of nitrogens with two attached hydrogens (primary N) is 1. The number of hydrogen-bond donors (Lipinski definition) is 2. The van der Waals surface area contributed by atoms with Crippen LogP contribution < -0.4 is 11.1 Å². The largest absolute Gasteiger partial charge is 0.340 e. The lowest BCUT2D eigenvalue weighted by Gasteiger charge is -2.42. The Balaban J connectivity index is 0.00000272. The van der Waals surface area contributed by atoms with Gasteiger partial charge in [0.25, 0.3) is 0 Å². The van der Waals surface area contributed by atoms with Gasteiger partial charge in [0.05, 0.1) is 12.1 Å². The number of fused-ring (bicyclic) bond motifs is 1. The molecule has 2 aromatic carbocycles. The highest BCUT2D eigenvalue weighted by molar-refractivity contribution is 5.85. The maximum absolute atomic E-state index is 13.5. The van der Waals surface area contributed by atoms with E-state index < -0.39 is 5.54 Å². The molecule has 0 spiro atoms. The van der Waals surface area contributed by atoms with Crippen LogP contribution in [0.15, 0.2) is 48.5 Å². The van der Waals surface area contributed by atoms with Gasteiger partial charge in [-0.1, -0.05) is 0 Å². The second-order valence-corrected chi connectivity index (χ2v) is 7.73. The highest BCUT2D eigenvalue weighted by Crippen LogP contribution is 2.39. The molecule has 0 unspecified atom stereocenters. The van der Waals surface area contributed by atoms with E-state index >= 15 is 0 Å². The van der Waals surface area contributed by atoms with Gasteiger partial charge in [0.15, 0.2) is 0 Å². The Morgan fingerprint density at radius 1 is 1.06 bits per heavy atom. The van der Waals surface area contributed by atoms with Crippen LogP contribution >= 0.6 is 12.4 Å². The van der Waals surface area contributed by atoms with Crippen molar-refractivity contribution in [2.45, 2.75) is 25.9 Å². The Morgan fingerprint density at radius 3 is 2.23 bits per heavy atom. The van der Waals surface area contributed by atoms with E-state index in [0.717, 1.165) is 5.56 Å². The van der Waals surface area contributed by atoms with E-state index in [1.165, 1.54) is 24.3 Å². The fourth-order valence-corrected chi connectivity index (χ4v) is 3.89. The zero-order chi connectivity index (χ0) is 21.5. The standard InChI is InChI=1S/C22H23F2N5O.ClH/c1-22(2)21-27-19(14-3-5-15(23)6-4-14)20(26-17-9-7-16(24)8-10-17)28(21)11-12-29(22)18(30)13-25;/h3-10,26H,11-13,25H2,1-2H3;1H. The predicted octanol–water partition coefficient (Wildman–Crippen LogP) is 4.03. The van der Waals surface area contributed by atoms with Crippen LogP contribution in [0.5, 0.6) is 0 Å². The minimum absolute atomic E-state index is 0. The summed E-state index contributed by atoms with van der Waals surface area (Å²) < 4.78 is 28.8. The minimum Gasteiger partial charge on any atom is -0.340 e. The molecule has 31 heavy (non-hydrogen) atoms. The second kappa shape index (κ2) is 8.64. The fraction of sp³-hybridized carbons (Fsp3) is 0.273. The Labute approximate surface area is 185 Å². The molecule has 0 aliphatic carbocycles. The molecule has 3 aromatic rings. The van der Waals surface area contributed by atoms with Crippen LogP contribution in [-0.4, -0.2) is 33.4 Å². The van der Waals surface area contributed by atoms with Crippen molar-refractivity contribution in [1.29, 1.82) is 0 Å². The van der Waals surface area contributed by atoms with E-state index in [1.54, 1.807) is 29.2 Å². The first-order chi connectivity index (χ1) is 14.3. The summed E-state index contributed by atoms with van der Waals surface area (Å²) in [4.78, 5) is 19.0. The molecule has 1 amide bonds. The van der Waals surface area contributed by atoms with E-state index in [4.69, 9.17) is 10.7 Å². The summed E-state index contributed by atoms with van der Waals surface area (Å²) in [5.41, 5.74) is 6.97. The van der Waals surface area contributed by atoms with Gasteiger partial charge in [-0.25, -0.2) is 13.8 Å². The minimum atomic E-state index is -0.688. The molecule has 164 valence electrons. The lowest BCUT2D eigenvalue weighted by Crippen LogP contribution is -2.53. The molecular formula is C22H24ClF2N5O. The highest BCUT2D eigenvalue weighted by Gasteiger charge is 2.41. The topological polar surface area (TPSA) is 76.2 Å². The van der Waals surface area contributed by atoms with E-state index in [1.807, 2.05) is 18.4 Å². The molecular weight excluding hydrogens is 424 g/mol. The number of nitrogens with zero attached hydrogens (tertiary/aromatic N) is 3. The molecule has 0 bridgehead atoms. The molecule has 0 saturated carbocycles. The van der Waals surface area contributed by atoms with Crippen LogP contribution in [0.2, 0.25) is 0 Å². The van der Waals surface area contributed by atoms with Crippen LogP contribution in [0, 0.1) is 11.6 Å². The number of hydrogen-bond acceptors (Lipinski definition) is 4. The third kappa shape index (κ3) is 4.13. The molecule has 9 heteroatoms. The quantitative estimate of drug-likeness (QED) is 0.633. The summed E-state index contributed by atoms with van der Waals surface area (Å²) in [5.74, 6) is 0.587. The lowest BCUT2D eigenvalue weighted by atomic mass is 9.99. The third-order valence-electron chi connectivity index (χ3n) is 5.44. The Hall–Kier alpha value is -2.97. The number of carbonyl (C=O) groups excluding carboxylic acids is 1. The number of carbonyl (C=O) groups is 1. The number of benzene rings is 2. The van der Waals surface area contributed by atoms with Gasteiger partial charge in [-0.05, 0) is 62.4 Å². The average molecular weight is 448 g/mol. The van der Waals surface area contributed by atoms with Gasteiger partial charge in [0, 0.05) is 24.3 Å². The summed E-state index contributed by atoms with van der Waals surface area (Å²) >= 11 is 0. The molecule has 0 atom stereocenters. The first-order valence-corrected chi connectivity index (χ1v) is 9.71. The zero-order valence-corrected chi connectivity index (χ0v) is 18.0. The maximum Gasteiger partial charge on any atom is 0.237 e. The predicted molar refractivity (Wildman–Crippen MR) is 118 cm³/mol. The Bertz CT molecular complexity index is 1080. The van der Waals surface area contributed by atoms with Gasteiger partial charge in [0.1, 0.15) is 29.0 Å². The van der Waals surface area contributed by atoms with Crippen molar-refractivity contribution in [2.75, 3.05) is 18.4 Å². The van der Waals surface area contributed by atoms with Crippen molar-refractivity contribution in [3.05, 3.63) is 66.0 Å². The van der Waals surface area contributed by atoms with Gasteiger partial charge in [0.2, 0.25) is 5.91 Å². The average Bonchev–Trinajstić information content (AvgIpc) is 3.09. The summed E-state index contributed by atoms with van der Waals surface area (Å²) in [6, 6.07) is 12.1. The number of nitrogens with one attached hydrogen (secondary N) is 1. The molecule has 0 saturated heterocycles. The number of rotatable bonds is 4. The number of imidazole rings is 1. The molecule has 6 nitrogen and oxygen atoms in total. The molecule has 1 aliphatic rings. The Kier molecular flexibility index (Phi) is 6.33. The molecule has 1 aromatic heterocycles. The van der Waals surface area contributed by atoms with Crippen LogP contribution in [0.1, 0.15) is 19.7 Å². The van der Waals surface area contributed by atoms with Gasteiger partial charge < -0.3 is 20.5 Å². The number of halogens is 3. The van der Waals surface area contributed by atoms with E-state index in [2.05, 4.69) is 5.32 Å². The maximum atomic E-state index is 13.5. The van der Waals surface area contributed by atoms with Gasteiger partial charge in [-0.3, -0.25) is 4.79 Å². The van der Waals surface area contributed by atoms with Gasteiger partial charge in [-0.15, -0.1) is 12.4 Å². The molecule has 0 radical (unpaired) electrons. The smallest absolute Gasteiger partial charge is 0.237 e. The van der Waals surface area contributed by atoms with Crippen molar-refractivity contribution >= 4 is 29.8 Å².